The zero-order chi connectivity index (χ0) is 14.8. The topological polar surface area (TPSA) is 73.2 Å². The Morgan fingerprint density at radius 3 is 3.10 bits per heavy atom. The number of carbonyl (C=O) groups excluding carboxylic acids is 2. The predicted molar refractivity (Wildman–Crippen MR) is 83.0 cm³/mol. The molecule has 0 atom stereocenters. The van der Waals surface area contributed by atoms with Gasteiger partial charge in [-0.3, -0.25) is 9.59 Å². The zero-order valence-electron chi connectivity index (χ0n) is 11.2. The smallest absolute Gasteiger partial charge is 0.245 e. The average Bonchev–Trinajstić information content (AvgIpc) is 3.01. The second-order valence-electron chi connectivity index (χ2n) is 4.84. The molecular weight excluding hydrogens is 306 g/mol. The first kappa shape index (κ1) is 14.2. The molecule has 2 amide bonds. The van der Waals surface area contributed by atoms with E-state index in [1.165, 1.54) is 32.9 Å². The van der Waals surface area contributed by atoms with Gasteiger partial charge in [0.05, 0.1) is 11.3 Å². The van der Waals surface area contributed by atoms with E-state index in [0.717, 1.165) is 24.8 Å². The highest BCUT2D eigenvalue weighted by atomic mass is 32.2. The number of nitriles is 1. The van der Waals surface area contributed by atoms with Crippen molar-refractivity contribution in [1.29, 1.82) is 5.26 Å². The van der Waals surface area contributed by atoms with E-state index in [-0.39, 0.29) is 18.4 Å². The number of hydrogen-bond donors (Lipinski definition) is 1. The monoisotopic (exact) mass is 319 g/mol. The lowest BCUT2D eigenvalue weighted by Crippen LogP contribution is -2.36. The van der Waals surface area contributed by atoms with Gasteiger partial charge in [-0.05, 0) is 30.2 Å². The molecule has 0 radical (unpaired) electrons. The summed E-state index contributed by atoms with van der Waals surface area (Å²) in [5, 5.41) is 14.5. The van der Waals surface area contributed by atoms with Gasteiger partial charge in [-0.25, -0.2) is 0 Å². The van der Waals surface area contributed by atoms with Gasteiger partial charge in [-0.15, -0.1) is 23.1 Å². The van der Waals surface area contributed by atoms with Crippen LogP contribution in [0.3, 0.4) is 0 Å². The molecule has 0 fully saturated rings. The maximum atomic E-state index is 12.1. The Kier molecular flexibility index (Phi) is 3.99. The number of nitrogens with zero attached hydrogens (tertiary/aromatic N) is 2. The largest absolute Gasteiger partial charge is 0.315 e. The van der Waals surface area contributed by atoms with Crippen molar-refractivity contribution >= 4 is 39.9 Å². The zero-order valence-corrected chi connectivity index (χ0v) is 12.9. The molecule has 5 nitrogen and oxygen atoms in total. The van der Waals surface area contributed by atoms with Gasteiger partial charge in [0.15, 0.2) is 0 Å². The summed E-state index contributed by atoms with van der Waals surface area (Å²) in [6, 6.07) is 2.19. The quantitative estimate of drug-likeness (QED) is 0.926. The van der Waals surface area contributed by atoms with Crippen molar-refractivity contribution in [2.24, 2.45) is 0 Å². The number of thioether (sulfide) groups is 1. The molecule has 0 aromatic carbocycles. The maximum absolute atomic E-state index is 12.1. The fraction of sp³-hybridized carbons (Fsp3) is 0.357. The Bertz CT molecular complexity index is 672. The molecule has 0 saturated heterocycles. The van der Waals surface area contributed by atoms with Crippen LogP contribution in [0, 0.1) is 11.3 Å². The highest BCUT2D eigenvalue weighted by Gasteiger charge is 2.24. The highest BCUT2D eigenvalue weighted by Crippen LogP contribution is 2.38. The number of aryl methyl sites for hydroxylation is 1. The molecule has 1 aliphatic carbocycles. The average molecular weight is 319 g/mol. The summed E-state index contributed by atoms with van der Waals surface area (Å²) in [4.78, 5) is 26.3. The SMILES string of the molecule is N#Cc1c(NC(=O)CN2C=CSCC2=O)sc2c1CCC2. The van der Waals surface area contributed by atoms with E-state index < -0.39 is 0 Å². The Morgan fingerprint density at radius 1 is 1.48 bits per heavy atom. The van der Waals surface area contributed by atoms with E-state index in [2.05, 4.69) is 11.4 Å². The molecule has 0 spiro atoms. The number of rotatable bonds is 3. The fourth-order valence-electron chi connectivity index (χ4n) is 2.47. The van der Waals surface area contributed by atoms with Gasteiger partial charge in [0.1, 0.15) is 17.6 Å². The van der Waals surface area contributed by atoms with Crippen molar-refractivity contribution < 1.29 is 9.59 Å². The van der Waals surface area contributed by atoms with E-state index >= 15 is 0 Å². The van der Waals surface area contributed by atoms with Crippen LogP contribution in [0.25, 0.3) is 0 Å². The molecule has 7 heteroatoms. The molecule has 3 rings (SSSR count). The van der Waals surface area contributed by atoms with Crippen LogP contribution in [-0.4, -0.2) is 29.0 Å². The minimum absolute atomic E-state index is 0.0106. The van der Waals surface area contributed by atoms with Gasteiger partial charge in [-0.2, -0.15) is 5.26 Å². The van der Waals surface area contributed by atoms with Crippen LogP contribution < -0.4 is 5.32 Å². The summed E-state index contributed by atoms with van der Waals surface area (Å²) in [7, 11) is 0. The number of hydrogen-bond acceptors (Lipinski definition) is 5. The van der Waals surface area contributed by atoms with Gasteiger partial charge in [-0.1, -0.05) is 0 Å². The van der Waals surface area contributed by atoms with Crippen molar-refractivity contribution in [1.82, 2.24) is 4.90 Å². The lowest BCUT2D eigenvalue weighted by Gasteiger charge is -2.20. The van der Waals surface area contributed by atoms with Gasteiger partial charge in [0.2, 0.25) is 11.8 Å². The van der Waals surface area contributed by atoms with Gasteiger partial charge in [0.25, 0.3) is 0 Å². The third-order valence-corrected chi connectivity index (χ3v) is 5.40. The number of amides is 2. The molecule has 0 unspecified atom stereocenters. The first-order valence-electron chi connectivity index (χ1n) is 6.61. The Hall–Kier alpha value is -1.78. The van der Waals surface area contributed by atoms with Crippen LogP contribution in [-0.2, 0) is 22.4 Å². The summed E-state index contributed by atoms with van der Waals surface area (Å²) in [5.74, 6) is 0.0173. The van der Waals surface area contributed by atoms with Gasteiger partial charge in [0, 0.05) is 11.1 Å². The molecule has 2 aliphatic rings. The minimum Gasteiger partial charge on any atom is -0.315 e. The lowest BCUT2D eigenvalue weighted by molar-refractivity contribution is -0.129. The molecule has 1 N–H and O–H groups in total. The summed E-state index contributed by atoms with van der Waals surface area (Å²) >= 11 is 2.90. The summed E-state index contributed by atoms with van der Waals surface area (Å²) in [6.45, 7) is -0.0106. The molecule has 1 aromatic heterocycles. The minimum atomic E-state index is -0.267. The molecular formula is C14H13N3O2S2. The summed E-state index contributed by atoms with van der Waals surface area (Å²) in [5.41, 5.74) is 1.68. The second kappa shape index (κ2) is 5.92. The van der Waals surface area contributed by atoms with Crippen molar-refractivity contribution in [2.75, 3.05) is 17.6 Å². The fourth-order valence-corrected chi connectivity index (χ4v) is 4.37. The van der Waals surface area contributed by atoms with E-state index in [9.17, 15) is 14.9 Å². The molecule has 21 heavy (non-hydrogen) atoms. The molecule has 0 saturated carbocycles. The van der Waals surface area contributed by atoms with Gasteiger partial charge >= 0.3 is 0 Å². The van der Waals surface area contributed by atoms with E-state index in [0.29, 0.717) is 16.3 Å². The van der Waals surface area contributed by atoms with Crippen LogP contribution >= 0.6 is 23.1 Å². The van der Waals surface area contributed by atoms with Crippen molar-refractivity contribution in [3.05, 3.63) is 27.6 Å². The first-order chi connectivity index (χ1) is 10.2. The van der Waals surface area contributed by atoms with Gasteiger partial charge < -0.3 is 10.2 Å². The van der Waals surface area contributed by atoms with Crippen molar-refractivity contribution in [3.63, 3.8) is 0 Å². The predicted octanol–water partition coefficient (Wildman–Crippen LogP) is 2.09. The molecule has 1 aliphatic heterocycles. The second-order valence-corrected chi connectivity index (χ2v) is 6.84. The molecule has 2 heterocycles. The van der Waals surface area contributed by atoms with Crippen molar-refractivity contribution in [2.45, 2.75) is 19.3 Å². The summed E-state index contributed by atoms with van der Waals surface area (Å²) < 4.78 is 0. The molecule has 108 valence electrons. The highest BCUT2D eigenvalue weighted by molar-refractivity contribution is 8.02. The first-order valence-corrected chi connectivity index (χ1v) is 8.48. The number of nitrogens with one attached hydrogen (secondary N) is 1. The number of carbonyl (C=O) groups is 2. The number of thiophene rings is 1. The molecule has 0 bridgehead atoms. The standard InChI is InChI=1S/C14H13N3O2S2/c15-6-10-9-2-1-3-11(9)21-14(10)16-12(18)7-17-4-5-20-8-13(17)19/h4-5H,1-3,7-8H2,(H,16,18). The third-order valence-electron chi connectivity index (χ3n) is 3.46. The van der Waals surface area contributed by atoms with Crippen LogP contribution in [0.5, 0.6) is 0 Å². The van der Waals surface area contributed by atoms with Crippen LogP contribution in [0.1, 0.15) is 22.4 Å². The van der Waals surface area contributed by atoms with Crippen LogP contribution in [0.4, 0.5) is 5.00 Å². The maximum Gasteiger partial charge on any atom is 0.245 e. The lowest BCUT2D eigenvalue weighted by atomic mass is 10.1. The molecule has 1 aromatic rings. The normalized spacial score (nSPS) is 16.7. The number of fused-ring (bicyclic) bond motifs is 1. The van der Waals surface area contributed by atoms with E-state index in [4.69, 9.17) is 0 Å². The van der Waals surface area contributed by atoms with E-state index in [1.54, 1.807) is 11.6 Å². The van der Waals surface area contributed by atoms with Crippen LogP contribution in [0.2, 0.25) is 0 Å². The Balaban J connectivity index is 1.71. The Morgan fingerprint density at radius 2 is 2.33 bits per heavy atom. The van der Waals surface area contributed by atoms with Crippen LogP contribution in [0.15, 0.2) is 11.6 Å². The Labute approximate surface area is 130 Å². The number of anilines is 1. The summed E-state index contributed by atoms with van der Waals surface area (Å²) in [6.07, 6.45) is 4.59. The van der Waals surface area contributed by atoms with E-state index in [1.807, 2.05) is 0 Å². The third kappa shape index (κ3) is 2.82. The van der Waals surface area contributed by atoms with Crippen molar-refractivity contribution in [3.8, 4) is 6.07 Å².